The van der Waals surface area contributed by atoms with Crippen LogP contribution in [0.25, 0.3) is 0 Å². The average molecular weight is 261 g/mol. The fourth-order valence-corrected chi connectivity index (χ4v) is 2.27. The summed E-state index contributed by atoms with van der Waals surface area (Å²) in [6, 6.07) is 2.00. The Labute approximate surface area is 102 Å². The molecule has 0 aliphatic heterocycles. The number of hydrogen-bond donors (Lipinski definition) is 2. The van der Waals surface area contributed by atoms with Crippen molar-refractivity contribution in [3.63, 3.8) is 0 Å². The van der Waals surface area contributed by atoms with Crippen molar-refractivity contribution in [1.29, 1.82) is 0 Å². The van der Waals surface area contributed by atoms with Crippen molar-refractivity contribution < 1.29 is 12.9 Å². The van der Waals surface area contributed by atoms with Crippen molar-refractivity contribution in [3.05, 3.63) is 18.0 Å². The Bertz CT molecular complexity index is 400. The molecule has 0 aliphatic carbocycles. The normalized spacial score (nSPS) is 12.2. The third kappa shape index (κ3) is 6.40. The lowest BCUT2D eigenvalue weighted by atomic mass is 10.4. The number of sulfonamides is 1. The van der Waals surface area contributed by atoms with E-state index in [1.165, 1.54) is 6.26 Å². The number of rotatable bonds is 8. The van der Waals surface area contributed by atoms with Gasteiger partial charge in [0.15, 0.2) is 0 Å². The van der Waals surface area contributed by atoms with Crippen LogP contribution in [-0.4, -0.2) is 31.9 Å². The highest BCUT2D eigenvalue weighted by molar-refractivity contribution is 7.89. The molecule has 98 valence electrons. The highest BCUT2D eigenvalue weighted by Gasteiger charge is 2.10. The molecule has 0 unspecified atom stereocenters. The molecule has 7 heteroatoms. The molecule has 1 aromatic heterocycles. The van der Waals surface area contributed by atoms with E-state index in [9.17, 15) is 8.42 Å². The molecule has 0 amide bonds. The minimum Gasteiger partial charge on any atom is -0.364 e. The van der Waals surface area contributed by atoms with E-state index in [0.717, 1.165) is 0 Å². The third-order valence-corrected chi connectivity index (χ3v) is 3.52. The van der Waals surface area contributed by atoms with Crippen molar-refractivity contribution in [2.45, 2.75) is 32.9 Å². The molecule has 0 atom stereocenters. The Morgan fingerprint density at radius 2 is 2.24 bits per heavy atom. The fourth-order valence-electron chi connectivity index (χ4n) is 1.24. The van der Waals surface area contributed by atoms with Gasteiger partial charge in [0.05, 0.1) is 18.0 Å². The first-order valence-corrected chi connectivity index (χ1v) is 7.25. The maximum absolute atomic E-state index is 11.6. The number of hydrogen-bond acceptors (Lipinski definition) is 5. The molecule has 17 heavy (non-hydrogen) atoms. The van der Waals surface area contributed by atoms with Crippen LogP contribution in [0.5, 0.6) is 0 Å². The van der Waals surface area contributed by atoms with E-state index in [4.69, 9.17) is 0 Å². The molecule has 0 radical (unpaired) electrons. The van der Waals surface area contributed by atoms with Gasteiger partial charge in [-0.1, -0.05) is 19.0 Å². The molecule has 0 aromatic carbocycles. The van der Waals surface area contributed by atoms with Crippen molar-refractivity contribution >= 4 is 10.0 Å². The Kier molecular flexibility index (Phi) is 5.60. The number of nitrogens with one attached hydrogen (secondary N) is 2. The zero-order chi connectivity index (χ0) is 12.7. The molecule has 0 saturated heterocycles. The topological polar surface area (TPSA) is 84.2 Å². The molecule has 6 nitrogen and oxygen atoms in total. The molecule has 1 heterocycles. The first kappa shape index (κ1) is 14.1. The lowest BCUT2D eigenvalue weighted by Crippen LogP contribution is -2.29. The summed E-state index contributed by atoms with van der Waals surface area (Å²) >= 11 is 0. The van der Waals surface area contributed by atoms with E-state index >= 15 is 0 Å². The van der Waals surface area contributed by atoms with E-state index in [1.54, 1.807) is 6.07 Å². The quantitative estimate of drug-likeness (QED) is 0.665. The largest absolute Gasteiger partial charge is 0.364 e. The van der Waals surface area contributed by atoms with Gasteiger partial charge in [0.1, 0.15) is 6.26 Å². The first-order chi connectivity index (χ1) is 7.99. The lowest BCUT2D eigenvalue weighted by Gasteiger charge is -2.08. The molecule has 0 saturated carbocycles. The van der Waals surface area contributed by atoms with Crippen LogP contribution in [0, 0.1) is 0 Å². The minimum atomic E-state index is -3.23. The predicted molar refractivity (Wildman–Crippen MR) is 64.9 cm³/mol. The average Bonchev–Trinajstić information content (AvgIpc) is 2.74. The Morgan fingerprint density at radius 1 is 1.47 bits per heavy atom. The van der Waals surface area contributed by atoms with Crippen LogP contribution in [0.2, 0.25) is 0 Å². The lowest BCUT2D eigenvalue weighted by molar-refractivity contribution is 0.411. The summed E-state index contributed by atoms with van der Waals surface area (Å²) in [5, 5.41) is 6.79. The second kappa shape index (κ2) is 6.73. The molecular formula is C10H19N3O3S. The second-order valence-electron chi connectivity index (χ2n) is 4.09. The molecule has 0 aliphatic rings. The van der Waals surface area contributed by atoms with Crippen molar-refractivity contribution in [2.24, 2.45) is 0 Å². The summed E-state index contributed by atoms with van der Waals surface area (Å²) in [7, 11) is -3.23. The molecule has 2 N–H and O–H groups in total. The predicted octanol–water partition coefficient (Wildman–Crippen LogP) is 0.482. The zero-order valence-corrected chi connectivity index (χ0v) is 11.0. The summed E-state index contributed by atoms with van der Waals surface area (Å²) in [5.41, 5.74) is 0.578. The number of nitrogens with zero attached hydrogens (tertiary/aromatic N) is 1. The van der Waals surface area contributed by atoms with Gasteiger partial charge in [-0.25, -0.2) is 13.1 Å². The summed E-state index contributed by atoms with van der Waals surface area (Å²) < 4.78 is 30.2. The van der Waals surface area contributed by atoms with Gasteiger partial charge in [0.25, 0.3) is 0 Å². The zero-order valence-electron chi connectivity index (χ0n) is 10.1. The van der Waals surface area contributed by atoms with Gasteiger partial charge in [0.2, 0.25) is 10.0 Å². The maximum atomic E-state index is 11.6. The van der Waals surface area contributed by atoms with Gasteiger partial charge in [-0.2, -0.15) is 0 Å². The van der Waals surface area contributed by atoms with E-state index < -0.39 is 10.0 Å². The van der Waals surface area contributed by atoms with Gasteiger partial charge in [0, 0.05) is 12.1 Å². The van der Waals surface area contributed by atoms with Crippen LogP contribution >= 0.6 is 0 Å². The van der Waals surface area contributed by atoms with Crippen molar-refractivity contribution in [3.8, 4) is 0 Å². The minimum absolute atomic E-state index is 0.116. The van der Waals surface area contributed by atoms with E-state index in [-0.39, 0.29) is 12.3 Å². The van der Waals surface area contributed by atoms with Crippen molar-refractivity contribution in [1.82, 2.24) is 15.2 Å². The molecular weight excluding hydrogens is 242 g/mol. The van der Waals surface area contributed by atoms with Crippen LogP contribution < -0.4 is 10.0 Å². The summed E-state index contributed by atoms with van der Waals surface area (Å²) in [4.78, 5) is 0. The van der Waals surface area contributed by atoms with Gasteiger partial charge < -0.3 is 9.84 Å². The van der Waals surface area contributed by atoms with Crippen LogP contribution in [0.4, 0.5) is 0 Å². The monoisotopic (exact) mass is 261 g/mol. The van der Waals surface area contributed by atoms with Gasteiger partial charge in [-0.05, 0) is 13.0 Å². The summed E-state index contributed by atoms with van der Waals surface area (Å²) in [6.45, 7) is 4.92. The molecule has 0 fully saturated rings. The molecule has 1 rings (SSSR count). The summed E-state index contributed by atoms with van der Waals surface area (Å²) in [6.07, 6.45) is 2.00. The van der Waals surface area contributed by atoms with Gasteiger partial charge in [-0.15, -0.1) is 0 Å². The number of aromatic nitrogens is 1. The third-order valence-electron chi connectivity index (χ3n) is 2.11. The SMILES string of the molecule is CC(C)NCCCS(=O)(=O)NCc1ccon1. The smallest absolute Gasteiger partial charge is 0.212 e. The fraction of sp³-hybridized carbons (Fsp3) is 0.700. The summed E-state index contributed by atoms with van der Waals surface area (Å²) in [5.74, 6) is 0.116. The molecule has 0 bridgehead atoms. The van der Waals surface area contributed by atoms with E-state index in [1.807, 2.05) is 13.8 Å². The molecule has 0 spiro atoms. The van der Waals surface area contributed by atoms with Crippen LogP contribution in [0.15, 0.2) is 16.9 Å². The van der Waals surface area contributed by atoms with Crippen LogP contribution in [0.1, 0.15) is 26.0 Å². The van der Waals surface area contributed by atoms with Crippen molar-refractivity contribution in [2.75, 3.05) is 12.3 Å². The first-order valence-electron chi connectivity index (χ1n) is 5.59. The highest BCUT2D eigenvalue weighted by Crippen LogP contribution is 1.96. The van der Waals surface area contributed by atoms with Crippen LogP contribution in [-0.2, 0) is 16.6 Å². The second-order valence-corrected chi connectivity index (χ2v) is 6.02. The van der Waals surface area contributed by atoms with E-state index in [2.05, 4.69) is 19.7 Å². The van der Waals surface area contributed by atoms with E-state index in [0.29, 0.717) is 24.7 Å². The van der Waals surface area contributed by atoms with Gasteiger partial charge in [-0.3, -0.25) is 0 Å². The molecule has 1 aromatic rings. The maximum Gasteiger partial charge on any atom is 0.212 e. The highest BCUT2D eigenvalue weighted by atomic mass is 32.2. The Hall–Kier alpha value is -0.920. The Balaban J connectivity index is 2.22. The van der Waals surface area contributed by atoms with Gasteiger partial charge >= 0.3 is 0 Å². The standard InChI is InChI=1S/C10H19N3O3S/c1-9(2)11-5-3-7-17(14,15)12-8-10-4-6-16-13-10/h4,6,9,11-12H,3,5,7-8H2,1-2H3. The Morgan fingerprint density at radius 3 is 2.82 bits per heavy atom. The van der Waals surface area contributed by atoms with Crippen LogP contribution in [0.3, 0.4) is 0 Å².